The molecule has 2 rings (SSSR count). The van der Waals surface area contributed by atoms with Gasteiger partial charge in [-0.25, -0.2) is 0 Å². The van der Waals surface area contributed by atoms with E-state index in [-0.39, 0.29) is 18.3 Å². The Kier molecular flexibility index (Phi) is 2.53. The van der Waals surface area contributed by atoms with Gasteiger partial charge in [0.15, 0.2) is 0 Å². The van der Waals surface area contributed by atoms with Crippen LogP contribution in [0, 0.1) is 5.41 Å². The van der Waals surface area contributed by atoms with Crippen molar-refractivity contribution in [3.8, 4) is 0 Å². The van der Waals surface area contributed by atoms with Gasteiger partial charge in [-0.05, 0) is 43.9 Å². The lowest BCUT2D eigenvalue weighted by atomic mass is 9.66. The van der Waals surface area contributed by atoms with Crippen LogP contribution in [0.3, 0.4) is 0 Å². The van der Waals surface area contributed by atoms with Crippen LogP contribution in [0.1, 0.15) is 51.4 Å². The van der Waals surface area contributed by atoms with Gasteiger partial charge in [0, 0.05) is 0 Å². The van der Waals surface area contributed by atoms with E-state index in [9.17, 15) is 13.2 Å². The highest BCUT2D eigenvalue weighted by atomic mass is 19.4. The van der Waals surface area contributed by atoms with Gasteiger partial charge in [0.2, 0.25) is 0 Å². The van der Waals surface area contributed by atoms with Crippen molar-refractivity contribution < 1.29 is 13.2 Å². The third kappa shape index (κ3) is 1.88. The summed E-state index contributed by atoms with van der Waals surface area (Å²) in [6.45, 7) is 0. The summed E-state index contributed by atoms with van der Waals surface area (Å²) in [5, 5.41) is 0. The molecular formula is C11H18F3N. The first-order valence-electron chi connectivity index (χ1n) is 5.73. The summed E-state index contributed by atoms with van der Waals surface area (Å²) in [6, 6.07) is 0. The lowest BCUT2D eigenvalue weighted by molar-refractivity contribution is -0.199. The van der Waals surface area contributed by atoms with Crippen molar-refractivity contribution >= 4 is 0 Å². The van der Waals surface area contributed by atoms with Gasteiger partial charge < -0.3 is 5.73 Å². The van der Waals surface area contributed by atoms with Crippen LogP contribution in [0.25, 0.3) is 0 Å². The number of nitrogens with two attached hydrogens (primary N) is 1. The molecule has 1 spiro atoms. The molecule has 4 heteroatoms. The Morgan fingerprint density at radius 3 is 1.67 bits per heavy atom. The highest BCUT2D eigenvalue weighted by Crippen LogP contribution is 2.53. The minimum atomic E-state index is -4.23. The third-order valence-corrected chi connectivity index (χ3v) is 4.43. The Bertz CT molecular complexity index is 231. The maximum Gasteiger partial charge on any atom is 0.406 e. The summed E-state index contributed by atoms with van der Waals surface area (Å²) >= 11 is 0. The predicted molar refractivity (Wildman–Crippen MR) is 52.3 cm³/mol. The zero-order valence-electron chi connectivity index (χ0n) is 8.87. The summed E-state index contributed by atoms with van der Waals surface area (Å²) in [7, 11) is 0. The van der Waals surface area contributed by atoms with E-state index in [1.165, 1.54) is 12.8 Å². The molecule has 0 unspecified atom stereocenters. The van der Waals surface area contributed by atoms with Gasteiger partial charge in [-0.3, -0.25) is 0 Å². The van der Waals surface area contributed by atoms with Crippen LogP contribution in [0.4, 0.5) is 13.2 Å². The fourth-order valence-electron chi connectivity index (χ4n) is 3.13. The highest BCUT2D eigenvalue weighted by Gasteiger charge is 2.55. The standard InChI is InChI=1S/C11H18F3N/c12-11(13,14)10(15)7-5-9(6-8-10)3-1-2-4-9/h1-8,15H2. The highest BCUT2D eigenvalue weighted by molar-refractivity contribution is 5.01. The molecule has 2 saturated carbocycles. The molecule has 0 aromatic heterocycles. The molecule has 0 aromatic carbocycles. The van der Waals surface area contributed by atoms with Crippen molar-refractivity contribution in [1.82, 2.24) is 0 Å². The van der Waals surface area contributed by atoms with Gasteiger partial charge in [0.1, 0.15) is 5.54 Å². The maximum atomic E-state index is 12.7. The van der Waals surface area contributed by atoms with E-state index in [2.05, 4.69) is 0 Å². The van der Waals surface area contributed by atoms with Crippen molar-refractivity contribution in [2.45, 2.75) is 63.1 Å². The number of rotatable bonds is 0. The summed E-state index contributed by atoms with van der Waals surface area (Å²) in [4.78, 5) is 0. The smallest absolute Gasteiger partial charge is 0.318 e. The van der Waals surface area contributed by atoms with Gasteiger partial charge >= 0.3 is 6.18 Å². The molecule has 2 aliphatic carbocycles. The van der Waals surface area contributed by atoms with E-state index in [4.69, 9.17) is 5.73 Å². The van der Waals surface area contributed by atoms with E-state index in [1.54, 1.807) is 0 Å². The molecule has 2 N–H and O–H groups in total. The van der Waals surface area contributed by atoms with E-state index in [1.807, 2.05) is 0 Å². The zero-order chi connectivity index (χ0) is 11.2. The minimum Gasteiger partial charge on any atom is -0.318 e. The first kappa shape index (κ1) is 11.2. The average molecular weight is 221 g/mol. The second-order valence-electron chi connectivity index (χ2n) is 5.36. The summed E-state index contributed by atoms with van der Waals surface area (Å²) in [5.74, 6) is 0. The predicted octanol–water partition coefficient (Wildman–Crippen LogP) is 3.38. The largest absolute Gasteiger partial charge is 0.406 e. The van der Waals surface area contributed by atoms with E-state index in [0.717, 1.165) is 12.8 Å². The molecule has 15 heavy (non-hydrogen) atoms. The van der Waals surface area contributed by atoms with Crippen LogP contribution in [0.2, 0.25) is 0 Å². The van der Waals surface area contributed by atoms with Gasteiger partial charge in [-0.2, -0.15) is 13.2 Å². The second-order valence-corrected chi connectivity index (χ2v) is 5.36. The summed E-state index contributed by atoms with van der Waals surface area (Å²) in [5.41, 5.74) is 3.78. The third-order valence-electron chi connectivity index (χ3n) is 4.43. The fourth-order valence-corrected chi connectivity index (χ4v) is 3.13. The number of hydrogen-bond acceptors (Lipinski definition) is 1. The van der Waals surface area contributed by atoms with Crippen LogP contribution in [0.5, 0.6) is 0 Å². The van der Waals surface area contributed by atoms with Gasteiger partial charge in [-0.1, -0.05) is 12.8 Å². The van der Waals surface area contributed by atoms with Crippen LogP contribution >= 0.6 is 0 Å². The summed E-state index contributed by atoms with van der Waals surface area (Å²) in [6.07, 6.45) is 1.95. The van der Waals surface area contributed by atoms with E-state index in [0.29, 0.717) is 12.8 Å². The first-order valence-corrected chi connectivity index (χ1v) is 5.73. The molecule has 0 aromatic rings. The van der Waals surface area contributed by atoms with Crippen molar-refractivity contribution in [1.29, 1.82) is 0 Å². The average Bonchev–Trinajstić information content (AvgIpc) is 2.58. The lowest BCUT2D eigenvalue weighted by Gasteiger charge is -2.43. The van der Waals surface area contributed by atoms with Crippen LogP contribution in [-0.2, 0) is 0 Å². The molecule has 0 aliphatic heterocycles. The van der Waals surface area contributed by atoms with Crippen molar-refractivity contribution in [2.24, 2.45) is 11.1 Å². The number of alkyl halides is 3. The normalized spacial score (nSPS) is 29.6. The Morgan fingerprint density at radius 1 is 0.800 bits per heavy atom. The molecule has 2 fully saturated rings. The number of hydrogen-bond donors (Lipinski definition) is 1. The molecule has 1 nitrogen and oxygen atoms in total. The van der Waals surface area contributed by atoms with Crippen molar-refractivity contribution in [3.63, 3.8) is 0 Å². The number of halogens is 3. The fraction of sp³-hybridized carbons (Fsp3) is 1.00. The Morgan fingerprint density at radius 2 is 1.27 bits per heavy atom. The Balaban J connectivity index is 2.02. The van der Waals surface area contributed by atoms with Crippen molar-refractivity contribution in [2.75, 3.05) is 0 Å². The van der Waals surface area contributed by atoms with Gasteiger partial charge in [-0.15, -0.1) is 0 Å². The molecule has 0 atom stereocenters. The van der Waals surface area contributed by atoms with Crippen LogP contribution in [0.15, 0.2) is 0 Å². The molecular weight excluding hydrogens is 203 g/mol. The topological polar surface area (TPSA) is 26.0 Å². The van der Waals surface area contributed by atoms with Crippen LogP contribution < -0.4 is 5.73 Å². The first-order chi connectivity index (χ1) is 6.87. The molecule has 2 aliphatic rings. The van der Waals surface area contributed by atoms with E-state index >= 15 is 0 Å². The van der Waals surface area contributed by atoms with Crippen molar-refractivity contribution in [3.05, 3.63) is 0 Å². The molecule has 0 saturated heterocycles. The van der Waals surface area contributed by atoms with Gasteiger partial charge in [0.05, 0.1) is 0 Å². The Labute approximate surface area is 88.2 Å². The lowest BCUT2D eigenvalue weighted by Crippen LogP contribution is -2.56. The SMILES string of the molecule is NC1(C(F)(F)F)CCC2(CCCC2)CC1. The quantitative estimate of drug-likeness (QED) is 0.666. The second kappa shape index (κ2) is 3.37. The van der Waals surface area contributed by atoms with E-state index < -0.39 is 11.7 Å². The minimum absolute atomic E-state index is 0.122. The molecule has 88 valence electrons. The molecule has 0 bridgehead atoms. The Hall–Kier alpha value is -0.250. The monoisotopic (exact) mass is 221 g/mol. The van der Waals surface area contributed by atoms with Gasteiger partial charge in [0.25, 0.3) is 0 Å². The van der Waals surface area contributed by atoms with Crippen LogP contribution in [-0.4, -0.2) is 11.7 Å². The molecule has 0 amide bonds. The maximum absolute atomic E-state index is 12.7. The molecule has 0 radical (unpaired) electrons. The zero-order valence-corrected chi connectivity index (χ0v) is 8.87. The summed E-state index contributed by atoms with van der Waals surface area (Å²) < 4.78 is 38.0. The molecule has 0 heterocycles.